The number of rotatable bonds is 12. The van der Waals surface area contributed by atoms with Crippen molar-refractivity contribution in [3.05, 3.63) is 89.7 Å². The summed E-state index contributed by atoms with van der Waals surface area (Å²) in [7, 11) is -2.77. The van der Waals surface area contributed by atoms with Gasteiger partial charge in [0.15, 0.2) is 0 Å². The van der Waals surface area contributed by atoms with Gasteiger partial charge in [0.25, 0.3) is 10.0 Å². The number of carbonyl (C=O) groups excluding carboxylic acids is 2. The number of hydrogen-bond donors (Lipinski definition) is 1. The topological polar surface area (TPSA) is 96.0 Å². The third-order valence-corrected chi connectivity index (χ3v) is 8.14. The molecule has 0 aliphatic carbocycles. The van der Waals surface area contributed by atoms with Crippen LogP contribution in [0.3, 0.4) is 0 Å². The summed E-state index contributed by atoms with van der Waals surface area (Å²) in [5, 5.41) is 2.60. The molecule has 0 heterocycles. The number of carbonyl (C=O) groups is 2. The van der Waals surface area contributed by atoms with Crippen molar-refractivity contribution in [2.75, 3.05) is 24.5 Å². The first kappa shape index (κ1) is 29.6. The number of sulfonamides is 1. The Morgan fingerprint density at radius 3 is 2.18 bits per heavy atom. The molecule has 0 saturated carbocycles. The van der Waals surface area contributed by atoms with E-state index < -0.39 is 34.3 Å². The highest BCUT2D eigenvalue weighted by molar-refractivity contribution is 7.92. The van der Waals surface area contributed by atoms with E-state index in [0.29, 0.717) is 18.8 Å². The molecule has 2 amide bonds. The highest BCUT2D eigenvalue weighted by Crippen LogP contribution is 2.26. The van der Waals surface area contributed by atoms with Crippen LogP contribution in [-0.2, 0) is 26.2 Å². The van der Waals surface area contributed by atoms with Gasteiger partial charge in [0.1, 0.15) is 24.2 Å². The van der Waals surface area contributed by atoms with E-state index in [1.54, 1.807) is 6.92 Å². The molecular weight excluding hydrogens is 521 g/mol. The van der Waals surface area contributed by atoms with Crippen LogP contribution in [0.15, 0.2) is 77.7 Å². The van der Waals surface area contributed by atoms with E-state index in [9.17, 15) is 22.4 Å². The van der Waals surface area contributed by atoms with Gasteiger partial charge in [0, 0.05) is 13.6 Å². The van der Waals surface area contributed by atoms with Gasteiger partial charge < -0.3 is 15.0 Å². The highest BCUT2D eigenvalue weighted by atomic mass is 32.2. The Bertz CT molecular complexity index is 1380. The van der Waals surface area contributed by atoms with Crippen molar-refractivity contribution in [1.29, 1.82) is 0 Å². The number of aryl methyl sites for hydroxylation is 1. The van der Waals surface area contributed by atoms with Crippen molar-refractivity contribution < 1.29 is 27.1 Å². The Labute approximate surface area is 229 Å². The number of hydrogen-bond acceptors (Lipinski definition) is 5. The number of benzene rings is 3. The fourth-order valence-corrected chi connectivity index (χ4v) is 5.61. The fraction of sp³-hybridized carbons (Fsp3) is 0.310. The summed E-state index contributed by atoms with van der Waals surface area (Å²) < 4.78 is 47.7. The van der Waals surface area contributed by atoms with E-state index in [1.807, 2.05) is 38.1 Å². The zero-order chi connectivity index (χ0) is 28.6. The van der Waals surface area contributed by atoms with Crippen LogP contribution in [0.25, 0.3) is 0 Å². The Morgan fingerprint density at radius 1 is 0.974 bits per heavy atom. The number of anilines is 1. The lowest BCUT2D eigenvalue weighted by Crippen LogP contribution is -2.51. The van der Waals surface area contributed by atoms with E-state index in [4.69, 9.17) is 4.74 Å². The molecule has 0 fully saturated rings. The molecule has 208 valence electrons. The number of halogens is 1. The minimum absolute atomic E-state index is 0.0631. The lowest BCUT2D eigenvalue weighted by molar-refractivity contribution is -0.140. The molecular formula is C29H34FN3O5S. The second-order valence-electron chi connectivity index (χ2n) is 8.88. The summed E-state index contributed by atoms with van der Waals surface area (Å²) in [5.74, 6) is -0.980. The van der Waals surface area contributed by atoms with Gasteiger partial charge in [-0.15, -0.1) is 0 Å². The predicted molar refractivity (Wildman–Crippen MR) is 148 cm³/mol. The summed E-state index contributed by atoms with van der Waals surface area (Å²) in [6.07, 6.45) is 0.319. The van der Waals surface area contributed by atoms with Crippen LogP contribution in [0.4, 0.5) is 10.1 Å². The summed E-state index contributed by atoms with van der Waals surface area (Å²) in [5.41, 5.74) is 1.87. The molecule has 0 bridgehead atoms. The van der Waals surface area contributed by atoms with Gasteiger partial charge in [0.05, 0.1) is 17.2 Å². The molecule has 0 saturated heterocycles. The second kappa shape index (κ2) is 13.2. The largest absolute Gasteiger partial charge is 0.494 e. The van der Waals surface area contributed by atoms with Crippen LogP contribution in [0.5, 0.6) is 5.75 Å². The van der Waals surface area contributed by atoms with Gasteiger partial charge in [-0.3, -0.25) is 13.9 Å². The van der Waals surface area contributed by atoms with Crippen LogP contribution in [-0.4, -0.2) is 51.4 Å². The molecule has 10 heteroatoms. The van der Waals surface area contributed by atoms with E-state index >= 15 is 0 Å². The fourth-order valence-electron chi connectivity index (χ4n) is 4.19. The van der Waals surface area contributed by atoms with Crippen LogP contribution >= 0.6 is 0 Å². The van der Waals surface area contributed by atoms with Gasteiger partial charge in [-0.2, -0.15) is 0 Å². The monoisotopic (exact) mass is 555 g/mol. The van der Waals surface area contributed by atoms with Gasteiger partial charge >= 0.3 is 0 Å². The molecule has 3 aromatic carbocycles. The molecule has 8 nitrogen and oxygen atoms in total. The maximum atomic E-state index is 13.9. The first-order valence-electron chi connectivity index (χ1n) is 12.7. The summed E-state index contributed by atoms with van der Waals surface area (Å²) in [6.45, 7) is 5.44. The SMILES string of the molecule is CCOc1ccc(S(=O)(=O)N(CC(=O)N(Cc2ccccc2C)C(CC)C(=O)NC)c2ccc(F)cc2)cc1. The molecule has 0 spiro atoms. The Morgan fingerprint density at radius 2 is 1.62 bits per heavy atom. The van der Waals surface area contributed by atoms with E-state index in [-0.39, 0.29) is 23.0 Å². The Kier molecular flexibility index (Phi) is 10.1. The third kappa shape index (κ3) is 7.14. The molecule has 0 radical (unpaired) electrons. The summed E-state index contributed by atoms with van der Waals surface area (Å²) in [4.78, 5) is 28.0. The van der Waals surface area contributed by atoms with Gasteiger partial charge in [-0.25, -0.2) is 12.8 Å². The van der Waals surface area contributed by atoms with Crippen LogP contribution < -0.4 is 14.4 Å². The first-order valence-corrected chi connectivity index (χ1v) is 14.1. The third-order valence-electron chi connectivity index (χ3n) is 6.35. The lowest BCUT2D eigenvalue weighted by Gasteiger charge is -2.33. The summed E-state index contributed by atoms with van der Waals surface area (Å²) >= 11 is 0. The standard InChI is InChI=1S/C29H34FN3O5S/c1-5-27(29(35)31-4)32(19-22-10-8-7-9-21(22)3)28(34)20-33(24-13-11-23(30)12-14-24)39(36,37)26-17-15-25(16-18-26)38-6-2/h7-18,27H,5-6,19-20H2,1-4H3,(H,31,35). The van der Waals surface area contributed by atoms with Crippen molar-refractivity contribution in [1.82, 2.24) is 10.2 Å². The Hall–Kier alpha value is -3.92. The normalized spacial score (nSPS) is 11.9. The van der Waals surface area contributed by atoms with E-state index in [2.05, 4.69) is 5.32 Å². The van der Waals surface area contributed by atoms with Crippen LogP contribution in [0.1, 0.15) is 31.4 Å². The second-order valence-corrected chi connectivity index (χ2v) is 10.7. The predicted octanol–water partition coefficient (Wildman–Crippen LogP) is 4.28. The van der Waals surface area contributed by atoms with E-state index in [0.717, 1.165) is 27.6 Å². The maximum absolute atomic E-state index is 13.9. The average Bonchev–Trinajstić information content (AvgIpc) is 2.93. The van der Waals surface area contributed by atoms with Crippen molar-refractivity contribution in [3.8, 4) is 5.75 Å². The van der Waals surface area contributed by atoms with Gasteiger partial charge in [0.2, 0.25) is 11.8 Å². The molecule has 1 N–H and O–H groups in total. The number of ether oxygens (including phenoxy) is 1. The molecule has 1 atom stereocenters. The molecule has 39 heavy (non-hydrogen) atoms. The average molecular weight is 556 g/mol. The van der Waals surface area contributed by atoms with Crippen molar-refractivity contribution in [3.63, 3.8) is 0 Å². The number of amides is 2. The molecule has 3 aromatic rings. The van der Waals surface area contributed by atoms with Crippen molar-refractivity contribution in [2.45, 2.75) is 44.7 Å². The van der Waals surface area contributed by atoms with Crippen LogP contribution in [0, 0.1) is 12.7 Å². The molecule has 0 aliphatic rings. The molecule has 1 unspecified atom stereocenters. The first-order chi connectivity index (χ1) is 18.6. The number of likely N-dealkylation sites (N-methyl/N-ethyl adjacent to an activating group) is 1. The minimum Gasteiger partial charge on any atom is -0.494 e. The van der Waals surface area contributed by atoms with E-state index in [1.165, 1.54) is 48.3 Å². The Balaban J connectivity index is 2.05. The molecule has 3 rings (SSSR count). The number of nitrogens with one attached hydrogen (secondary N) is 1. The van der Waals surface area contributed by atoms with Crippen molar-refractivity contribution >= 4 is 27.5 Å². The van der Waals surface area contributed by atoms with Crippen molar-refractivity contribution in [2.24, 2.45) is 0 Å². The zero-order valence-electron chi connectivity index (χ0n) is 22.6. The van der Waals surface area contributed by atoms with Gasteiger partial charge in [-0.1, -0.05) is 31.2 Å². The lowest BCUT2D eigenvalue weighted by atomic mass is 10.1. The summed E-state index contributed by atoms with van der Waals surface area (Å²) in [6, 6.07) is 17.4. The van der Waals surface area contributed by atoms with Gasteiger partial charge in [-0.05, 0) is 79.9 Å². The molecule has 0 aliphatic heterocycles. The maximum Gasteiger partial charge on any atom is 0.264 e. The quantitative estimate of drug-likeness (QED) is 0.360. The highest BCUT2D eigenvalue weighted by Gasteiger charge is 2.33. The van der Waals surface area contributed by atoms with Crippen LogP contribution in [0.2, 0.25) is 0 Å². The zero-order valence-corrected chi connectivity index (χ0v) is 23.4. The number of nitrogens with zero attached hydrogens (tertiary/aromatic N) is 2. The molecule has 0 aromatic heterocycles. The minimum atomic E-state index is -4.26. The smallest absolute Gasteiger partial charge is 0.264 e.